The van der Waals surface area contributed by atoms with E-state index in [1.807, 2.05) is 67.6 Å². The van der Waals surface area contributed by atoms with Gasteiger partial charge in [-0.25, -0.2) is 0 Å². The molecular weight excluding hydrogens is 544 g/mol. The Morgan fingerprint density at radius 1 is 0.907 bits per heavy atom. The van der Waals surface area contributed by atoms with Crippen LogP contribution < -0.4 is 9.47 Å². The molecule has 0 bridgehead atoms. The van der Waals surface area contributed by atoms with Crippen molar-refractivity contribution >= 4 is 17.4 Å². The maximum atomic E-state index is 13.6. The highest BCUT2D eigenvalue weighted by molar-refractivity contribution is 6.46. The van der Waals surface area contributed by atoms with Crippen molar-refractivity contribution in [1.29, 1.82) is 0 Å². The molecule has 5 rings (SSSR count). The summed E-state index contributed by atoms with van der Waals surface area (Å²) in [7, 11) is 0. The van der Waals surface area contributed by atoms with Gasteiger partial charge in [0.25, 0.3) is 11.7 Å². The first-order valence-electron chi connectivity index (χ1n) is 15.1. The van der Waals surface area contributed by atoms with E-state index in [1.165, 1.54) is 0 Å². The number of likely N-dealkylation sites (tertiary alicyclic amines) is 1. The van der Waals surface area contributed by atoms with Crippen molar-refractivity contribution in [3.05, 3.63) is 95.1 Å². The molecule has 3 aromatic carbocycles. The lowest BCUT2D eigenvalue weighted by Crippen LogP contribution is -2.38. The van der Waals surface area contributed by atoms with Crippen molar-refractivity contribution < 1.29 is 28.9 Å². The Hall–Kier alpha value is -4.14. The summed E-state index contributed by atoms with van der Waals surface area (Å²) in [5, 5.41) is 11.7. The largest absolute Gasteiger partial charge is 0.507 e. The van der Waals surface area contributed by atoms with Crippen LogP contribution in [0.4, 0.5) is 0 Å². The third-order valence-electron chi connectivity index (χ3n) is 7.89. The van der Waals surface area contributed by atoms with E-state index in [2.05, 4.69) is 11.8 Å². The molecule has 0 spiro atoms. The van der Waals surface area contributed by atoms with Gasteiger partial charge in [0.2, 0.25) is 0 Å². The number of unbranched alkanes of at least 4 members (excludes halogenated alkanes) is 1. The number of hydrogen-bond acceptors (Lipinski definition) is 7. The summed E-state index contributed by atoms with van der Waals surface area (Å²) in [6, 6.07) is 21.5. The van der Waals surface area contributed by atoms with Gasteiger partial charge in [-0.05, 0) is 73.4 Å². The van der Waals surface area contributed by atoms with E-state index in [1.54, 1.807) is 17.0 Å². The fourth-order valence-electron chi connectivity index (χ4n) is 5.59. The summed E-state index contributed by atoms with van der Waals surface area (Å²) >= 11 is 0. The minimum atomic E-state index is -0.760. The Labute approximate surface area is 253 Å². The number of ketones is 1. The highest BCUT2D eigenvalue weighted by Crippen LogP contribution is 2.41. The number of aliphatic hydroxyl groups is 1. The van der Waals surface area contributed by atoms with Crippen LogP contribution >= 0.6 is 0 Å². The number of nitrogens with zero attached hydrogens (tertiary/aromatic N) is 2. The van der Waals surface area contributed by atoms with E-state index >= 15 is 0 Å². The number of ether oxygens (including phenoxy) is 3. The lowest BCUT2D eigenvalue weighted by Gasteiger charge is -2.29. The fourth-order valence-corrected chi connectivity index (χ4v) is 5.59. The molecule has 1 atom stereocenters. The third kappa shape index (κ3) is 7.27. The van der Waals surface area contributed by atoms with Gasteiger partial charge in [-0.3, -0.25) is 14.5 Å². The second-order valence-corrected chi connectivity index (χ2v) is 11.0. The van der Waals surface area contributed by atoms with Crippen LogP contribution in [0.5, 0.6) is 17.2 Å². The van der Waals surface area contributed by atoms with E-state index in [9.17, 15) is 14.7 Å². The molecule has 8 nitrogen and oxygen atoms in total. The number of para-hydroxylation sites is 1. The van der Waals surface area contributed by atoms with Crippen molar-refractivity contribution in [1.82, 2.24) is 9.80 Å². The van der Waals surface area contributed by atoms with Gasteiger partial charge in [0, 0.05) is 31.7 Å². The summed E-state index contributed by atoms with van der Waals surface area (Å²) in [6.07, 6.45) is 2.66. The lowest BCUT2D eigenvalue weighted by atomic mass is 9.93. The molecule has 0 radical (unpaired) electrons. The fraction of sp³-hybridized carbons (Fsp3) is 0.371. The van der Waals surface area contributed by atoms with E-state index in [-0.39, 0.29) is 11.3 Å². The zero-order valence-electron chi connectivity index (χ0n) is 25.0. The normalized spacial score (nSPS) is 18.7. The highest BCUT2D eigenvalue weighted by atomic mass is 16.5. The minimum absolute atomic E-state index is 0.0796. The molecule has 2 heterocycles. The Morgan fingerprint density at radius 3 is 2.42 bits per heavy atom. The van der Waals surface area contributed by atoms with E-state index < -0.39 is 17.7 Å². The van der Waals surface area contributed by atoms with Crippen LogP contribution in [0, 0.1) is 6.92 Å². The van der Waals surface area contributed by atoms with Crippen LogP contribution in [-0.4, -0.2) is 72.6 Å². The topological polar surface area (TPSA) is 88.5 Å². The van der Waals surface area contributed by atoms with Crippen LogP contribution in [0.1, 0.15) is 48.9 Å². The number of aliphatic hydroxyl groups excluding tert-OH is 1. The highest BCUT2D eigenvalue weighted by Gasteiger charge is 2.46. The first-order chi connectivity index (χ1) is 21.0. The molecule has 2 fully saturated rings. The van der Waals surface area contributed by atoms with Gasteiger partial charge >= 0.3 is 0 Å². The van der Waals surface area contributed by atoms with Gasteiger partial charge in [-0.2, -0.15) is 0 Å². The lowest BCUT2D eigenvalue weighted by molar-refractivity contribution is -0.140. The maximum absolute atomic E-state index is 13.6. The van der Waals surface area contributed by atoms with E-state index in [4.69, 9.17) is 14.2 Å². The van der Waals surface area contributed by atoms with Crippen LogP contribution in [0.15, 0.2) is 78.4 Å². The van der Waals surface area contributed by atoms with Crippen molar-refractivity contribution in [3.8, 4) is 17.2 Å². The number of amides is 1. The zero-order chi connectivity index (χ0) is 30.2. The average molecular weight is 585 g/mol. The summed E-state index contributed by atoms with van der Waals surface area (Å²) in [4.78, 5) is 31.0. The first kappa shape index (κ1) is 30.3. The molecule has 0 aliphatic carbocycles. The molecule has 3 aromatic rings. The second-order valence-electron chi connectivity index (χ2n) is 11.0. The summed E-state index contributed by atoms with van der Waals surface area (Å²) in [6.45, 7) is 8.82. The average Bonchev–Trinajstić information content (AvgIpc) is 3.27. The number of rotatable bonds is 12. The SMILES string of the molecule is CCCCOc1ccc(/C(O)=C2\C(=O)C(=O)N(CCCN3CCOCC3)[C@H]2c2cccc(Oc3ccccc3)c2)c(C)c1. The van der Waals surface area contributed by atoms with Crippen LogP contribution in [0.25, 0.3) is 5.76 Å². The number of carbonyl (C=O) groups excluding carboxylic acids is 2. The Morgan fingerprint density at radius 2 is 1.67 bits per heavy atom. The van der Waals surface area contributed by atoms with Crippen LogP contribution in [0.3, 0.4) is 0 Å². The number of carbonyl (C=O) groups is 2. The molecule has 0 aromatic heterocycles. The molecular formula is C35H40N2O6. The van der Waals surface area contributed by atoms with E-state index in [0.29, 0.717) is 61.2 Å². The third-order valence-corrected chi connectivity index (χ3v) is 7.89. The van der Waals surface area contributed by atoms with Gasteiger partial charge in [-0.1, -0.05) is 43.7 Å². The molecule has 1 amide bonds. The number of morpholine rings is 1. The maximum Gasteiger partial charge on any atom is 0.295 e. The number of aryl methyl sites for hydroxylation is 1. The van der Waals surface area contributed by atoms with Crippen LogP contribution in [0.2, 0.25) is 0 Å². The summed E-state index contributed by atoms with van der Waals surface area (Å²) in [5.41, 5.74) is 2.02. The van der Waals surface area contributed by atoms with Gasteiger partial charge in [0.1, 0.15) is 23.0 Å². The summed E-state index contributed by atoms with van der Waals surface area (Å²) in [5.74, 6) is 0.467. The molecule has 1 N–H and O–H groups in total. The van der Waals surface area contributed by atoms with Gasteiger partial charge in [-0.15, -0.1) is 0 Å². The standard InChI is InChI=1S/C35H40N2O6/c1-3-4-20-42-28-14-15-30(25(2)23-28)33(38)31-32(26-10-8-13-29(24-26)43-27-11-6-5-7-12-27)37(35(40)34(31)39)17-9-16-36-18-21-41-22-19-36/h5-8,10-15,23-24,32,38H,3-4,9,16-22H2,1-2H3/b33-31+/t32-/m0/s1. The Bertz CT molecular complexity index is 1450. The molecule has 226 valence electrons. The number of hydrogen-bond donors (Lipinski definition) is 1. The molecule has 43 heavy (non-hydrogen) atoms. The molecule has 0 saturated carbocycles. The van der Waals surface area contributed by atoms with Crippen LogP contribution in [-0.2, 0) is 14.3 Å². The number of benzene rings is 3. The van der Waals surface area contributed by atoms with Crippen molar-refractivity contribution in [2.75, 3.05) is 46.0 Å². The molecule has 2 aliphatic rings. The smallest absolute Gasteiger partial charge is 0.295 e. The summed E-state index contributed by atoms with van der Waals surface area (Å²) < 4.78 is 17.4. The van der Waals surface area contributed by atoms with Gasteiger partial charge in [0.05, 0.1) is 31.4 Å². The van der Waals surface area contributed by atoms with Gasteiger partial charge < -0.3 is 24.2 Å². The van der Waals surface area contributed by atoms with Gasteiger partial charge in [0.15, 0.2) is 0 Å². The predicted molar refractivity (Wildman–Crippen MR) is 165 cm³/mol. The Kier molecular flexibility index (Phi) is 10.1. The van der Waals surface area contributed by atoms with Crippen molar-refractivity contribution in [2.24, 2.45) is 0 Å². The molecule has 2 aliphatic heterocycles. The number of Topliss-reactive ketones (excluding diaryl/α,β-unsaturated/α-hetero) is 1. The minimum Gasteiger partial charge on any atom is -0.507 e. The molecule has 2 saturated heterocycles. The molecule has 8 heteroatoms. The van der Waals surface area contributed by atoms with Crippen molar-refractivity contribution in [3.63, 3.8) is 0 Å². The zero-order valence-corrected chi connectivity index (χ0v) is 25.0. The van der Waals surface area contributed by atoms with Crippen molar-refractivity contribution in [2.45, 2.75) is 39.2 Å². The first-order valence-corrected chi connectivity index (χ1v) is 15.1. The monoisotopic (exact) mass is 584 g/mol. The quantitative estimate of drug-likeness (QED) is 0.119. The van der Waals surface area contributed by atoms with E-state index in [0.717, 1.165) is 38.0 Å². The Balaban J connectivity index is 1.48. The predicted octanol–water partition coefficient (Wildman–Crippen LogP) is 6.11. The second kappa shape index (κ2) is 14.4. The molecule has 0 unspecified atom stereocenters.